The maximum absolute atomic E-state index is 6.38. The molecule has 1 N–H and O–H groups in total. The molecule has 0 saturated carbocycles. The first kappa shape index (κ1) is 30.3. The van der Waals surface area contributed by atoms with Gasteiger partial charge in [-0.15, -0.1) is 59.7 Å². The van der Waals surface area contributed by atoms with E-state index in [4.69, 9.17) is 4.42 Å². The number of hydrogen-bond donors (Lipinski definition) is 1. The fourth-order valence-corrected chi connectivity index (χ4v) is 6.23. The van der Waals surface area contributed by atoms with Crippen molar-refractivity contribution < 1.29 is 24.5 Å². The minimum Gasteiger partial charge on any atom is -0.456 e. The van der Waals surface area contributed by atoms with Gasteiger partial charge in [0.1, 0.15) is 11.2 Å². The molecule has 4 heterocycles. The Balaban J connectivity index is 0.000000228. The van der Waals surface area contributed by atoms with Crippen LogP contribution in [0.4, 0.5) is 11.4 Å². The molecule has 8 aromatic rings. The Kier molecular flexibility index (Phi) is 8.26. The molecule has 9 rings (SSSR count). The molecule has 1 radical (unpaired) electrons. The summed E-state index contributed by atoms with van der Waals surface area (Å²) in [7, 11) is 0. The maximum Gasteiger partial charge on any atom is 0.136 e. The van der Waals surface area contributed by atoms with E-state index in [0.717, 1.165) is 67.0 Å². The number of nitrogens with one attached hydrogen (secondary N) is 1. The number of pyridine rings is 2. The van der Waals surface area contributed by atoms with Crippen LogP contribution >= 0.6 is 0 Å². The van der Waals surface area contributed by atoms with E-state index in [-0.39, 0.29) is 20.1 Å². The minimum atomic E-state index is 0. The van der Waals surface area contributed by atoms with E-state index in [9.17, 15) is 0 Å². The van der Waals surface area contributed by atoms with Crippen LogP contribution in [0.3, 0.4) is 0 Å². The van der Waals surface area contributed by atoms with Crippen molar-refractivity contribution in [1.82, 2.24) is 9.97 Å². The van der Waals surface area contributed by atoms with Gasteiger partial charge in [-0.3, -0.25) is 0 Å². The topological polar surface area (TPSA) is 51.0 Å². The van der Waals surface area contributed by atoms with Crippen molar-refractivity contribution in [2.45, 2.75) is 13.8 Å². The molecule has 0 saturated heterocycles. The van der Waals surface area contributed by atoms with Crippen LogP contribution in [-0.2, 0) is 20.1 Å². The van der Waals surface area contributed by atoms with Gasteiger partial charge in [0.2, 0.25) is 0 Å². The van der Waals surface area contributed by atoms with Crippen molar-refractivity contribution in [3.05, 3.63) is 157 Å². The molecule has 0 aliphatic carbocycles. The molecule has 1 aliphatic rings. The Bertz CT molecular complexity index is 2310. The van der Waals surface area contributed by atoms with Crippen LogP contribution in [0.25, 0.3) is 66.7 Å². The maximum atomic E-state index is 6.38. The second-order valence-electron chi connectivity index (χ2n) is 11.5. The molecule has 5 aromatic carbocycles. The average Bonchev–Trinajstić information content (AvgIpc) is 3.48. The van der Waals surface area contributed by atoms with Gasteiger partial charge < -0.3 is 19.7 Å². The molecular weight excluding hydrogens is 755 g/mol. The quantitative estimate of drug-likeness (QED) is 0.177. The third kappa shape index (κ3) is 5.65. The predicted octanol–water partition coefficient (Wildman–Crippen LogP) is 11.0. The summed E-state index contributed by atoms with van der Waals surface area (Å²) in [4.78, 5) is 8.88. The van der Waals surface area contributed by atoms with E-state index in [0.29, 0.717) is 0 Å². The molecule has 2 bridgehead atoms. The summed E-state index contributed by atoms with van der Waals surface area (Å²) < 4.78 is 6.38. The van der Waals surface area contributed by atoms with Crippen LogP contribution in [-0.4, -0.2) is 9.97 Å². The van der Waals surface area contributed by atoms with E-state index in [1.165, 1.54) is 22.3 Å². The molecule has 229 valence electrons. The molecule has 1 aliphatic heterocycles. The fraction of sp³-hybridized carbons (Fsp3) is 0.0476. The third-order valence-corrected chi connectivity index (χ3v) is 8.47. The number of fused-ring (bicyclic) bond motifs is 10. The molecule has 4 nitrogen and oxygen atoms in total. The second-order valence-corrected chi connectivity index (χ2v) is 11.5. The van der Waals surface area contributed by atoms with Crippen molar-refractivity contribution >= 4 is 33.3 Å². The number of aryl methyl sites for hydroxylation is 1. The van der Waals surface area contributed by atoms with Crippen molar-refractivity contribution in [2.75, 3.05) is 5.32 Å². The van der Waals surface area contributed by atoms with Crippen LogP contribution in [0.5, 0.6) is 0 Å². The van der Waals surface area contributed by atoms with Gasteiger partial charge in [-0.05, 0) is 77.4 Å². The summed E-state index contributed by atoms with van der Waals surface area (Å²) in [5, 5.41) is 5.97. The zero-order chi connectivity index (χ0) is 31.0. The summed E-state index contributed by atoms with van der Waals surface area (Å²) in [6.07, 6.45) is 3.69. The second kappa shape index (κ2) is 12.8. The van der Waals surface area contributed by atoms with Gasteiger partial charge in [0.15, 0.2) is 0 Å². The predicted molar refractivity (Wildman–Crippen MR) is 188 cm³/mol. The normalized spacial score (nSPS) is 11.2. The Hall–Kier alpha value is -5.35. The van der Waals surface area contributed by atoms with E-state index in [1.807, 2.05) is 60.8 Å². The summed E-state index contributed by atoms with van der Waals surface area (Å²) in [5.41, 5.74) is 14.8. The molecule has 0 spiro atoms. The molecule has 47 heavy (non-hydrogen) atoms. The van der Waals surface area contributed by atoms with Crippen LogP contribution in [0.1, 0.15) is 11.1 Å². The number of nitrogens with zero attached hydrogens (tertiary/aromatic N) is 2. The van der Waals surface area contributed by atoms with Gasteiger partial charge in [0.05, 0.1) is 0 Å². The molecule has 0 atom stereocenters. The number of hydrogen-bond acceptors (Lipinski definition) is 4. The first-order valence-electron chi connectivity index (χ1n) is 15.3. The molecule has 0 fully saturated rings. The third-order valence-electron chi connectivity index (χ3n) is 8.47. The first-order valence-corrected chi connectivity index (χ1v) is 15.3. The Morgan fingerprint density at radius 1 is 0.638 bits per heavy atom. The smallest absolute Gasteiger partial charge is 0.136 e. The van der Waals surface area contributed by atoms with E-state index < -0.39 is 0 Å². The van der Waals surface area contributed by atoms with Crippen molar-refractivity contribution in [3.63, 3.8) is 0 Å². The summed E-state index contributed by atoms with van der Waals surface area (Å²) in [6, 6.07) is 47.6. The van der Waals surface area contributed by atoms with E-state index >= 15 is 0 Å². The number of aromatic nitrogens is 2. The van der Waals surface area contributed by atoms with Crippen LogP contribution in [0.15, 0.2) is 138 Å². The number of para-hydroxylation sites is 2. The monoisotopic (exact) mass is 784 g/mol. The van der Waals surface area contributed by atoms with Gasteiger partial charge in [-0.2, -0.15) is 0 Å². The fourth-order valence-electron chi connectivity index (χ4n) is 6.23. The SMILES string of the molecule is Cc1ccc(-c2[c-]cc3c(c2)-c2c(C)c(cc4oc5ccccc5c24)-c2ccccc2N3)nc1.[Ir].[c-]1ccccc1-c1ccccn1. The van der Waals surface area contributed by atoms with Crippen molar-refractivity contribution in [1.29, 1.82) is 0 Å². The van der Waals surface area contributed by atoms with Gasteiger partial charge in [-0.1, -0.05) is 66.2 Å². The number of anilines is 2. The van der Waals surface area contributed by atoms with Crippen molar-refractivity contribution in [2.24, 2.45) is 0 Å². The van der Waals surface area contributed by atoms with Gasteiger partial charge in [0, 0.05) is 54.5 Å². The molecule has 0 amide bonds. The standard InChI is InChI=1S/C31H21N2O.C11H8N.Ir/c1-18-11-13-25(32-17-18)20-12-14-27-24(15-20)30-19(2)23(21-7-3-5-9-26(21)33-27)16-29-31(30)22-8-4-6-10-28(22)34-29;1-2-6-10(7-3-1)11-8-4-5-9-12-11;/h3-11,13-17,33H,1-2H3;1-6,8-9H;/q2*-1;. The van der Waals surface area contributed by atoms with Crippen LogP contribution in [0, 0.1) is 26.0 Å². The first-order chi connectivity index (χ1) is 22.6. The van der Waals surface area contributed by atoms with Crippen LogP contribution in [0.2, 0.25) is 0 Å². The van der Waals surface area contributed by atoms with E-state index in [2.05, 4.69) is 108 Å². The molecule has 0 unspecified atom stereocenters. The Labute approximate surface area is 287 Å². The molecular formula is C42H29IrN3O-2. The minimum absolute atomic E-state index is 0. The summed E-state index contributed by atoms with van der Waals surface area (Å²) in [5.74, 6) is 0. The van der Waals surface area contributed by atoms with Gasteiger partial charge in [-0.25, -0.2) is 0 Å². The van der Waals surface area contributed by atoms with Crippen molar-refractivity contribution in [3.8, 4) is 44.8 Å². The zero-order valence-electron chi connectivity index (χ0n) is 25.8. The summed E-state index contributed by atoms with van der Waals surface area (Å²) >= 11 is 0. The molecule has 5 heteroatoms. The average molecular weight is 784 g/mol. The Morgan fingerprint density at radius 2 is 1.45 bits per heavy atom. The largest absolute Gasteiger partial charge is 0.456 e. The van der Waals surface area contributed by atoms with Gasteiger partial charge >= 0.3 is 0 Å². The molecule has 3 aromatic heterocycles. The summed E-state index contributed by atoms with van der Waals surface area (Å²) in [6.45, 7) is 4.27. The number of furan rings is 1. The van der Waals surface area contributed by atoms with Gasteiger partial charge in [0.25, 0.3) is 0 Å². The number of rotatable bonds is 2. The Morgan fingerprint density at radius 3 is 2.26 bits per heavy atom. The van der Waals surface area contributed by atoms with E-state index in [1.54, 1.807) is 6.20 Å². The number of benzene rings is 5. The zero-order valence-corrected chi connectivity index (χ0v) is 28.2. The van der Waals surface area contributed by atoms with Crippen LogP contribution < -0.4 is 5.32 Å².